The third kappa shape index (κ3) is 1.31. The van der Waals surface area contributed by atoms with Crippen molar-refractivity contribution < 1.29 is 0 Å². The highest BCUT2D eigenvalue weighted by atomic mass is 15.4. The fourth-order valence-corrected chi connectivity index (χ4v) is 1.14. The molecule has 1 radical (unpaired) electrons. The largest absolute Gasteiger partial charge is 0.423 e. The van der Waals surface area contributed by atoms with E-state index in [1.54, 1.807) is 12.4 Å². The van der Waals surface area contributed by atoms with E-state index in [0.717, 1.165) is 0 Å². The third-order valence-electron chi connectivity index (χ3n) is 1.68. The van der Waals surface area contributed by atoms with Crippen LogP contribution in [0.5, 0.6) is 0 Å². The van der Waals surface area contributed by atoms with Gasteiger partial charge < -0.3 is 4.59 Å². The number of hydrogen-bond donors (Lipinski definition) is 0. The summed E-state index contributed by atoms with van der Waals surface area (Å²) in [5.74, 6) is 0. The molecule has 0 aromatic carbocycles. The molecule has 0 N–H and O–H groups in total. The Morgan fingerprint density at radius 3 is 3.09 bits per heavy atom. The molecule has 0 saturated heterocycles. The van der Waals surface area contributed by atoms with Gasteiger partial charge >= 0.3 is 0 Å². The van der Waals surface area contributed by atoms with Crippen LogP contribution in [0.15, 0.2) is 30.7 Å². The average Bonchev–Trinajstić information content (AvgIpc) is 2.60. The van der Waals surface area contributed by atoms with Crippen LogP contribution in [0.2, 0.25) is 0 Å². The van der Waals surface area contributed by atoms with Gasteiger partial charge in [0.25, 0.3) is 13.8 Å². The minimum absolute atomic E-state index is 0.417. The van der Waals surface area contributed by atoms with Crippen molar-refractivity contribution in [1.82, 2.24) is 19.7 Å². The second kappa shape index (κ2) is 2.61. The fraction of sp³-hybridized carbons (Fsp3) is 0. The van der Waals surface area contributed by atoms with Gasteiger partial charge in [0.15, 0.2) is 0 Å². The lowest BCUT2D eigenvalue weighted by atomic mass is 10.2. The first-order chi connectivity index (χ1) is 5.45. The van der Waals surface area contributed by atoms with Crippen LogP contribution in [0.1, 0.15) is 0 Å². The van der Waals surface area contributed by atoms with E-state index in [4.69, 9.17) is 0 Å². The zero-order chi connectivity index (χ0) is 7.52. The van der Waals surface area contributed by atoms with Gasteiger partial charge in [0.05, 0.1) is 0 Å². The van der Waals surface area contributed by atoms with E-state index in [1.165, 1.54) is 0 Å². The van der Waals surface area contributed by atoms with Crippen LogP contribution in [0.3, 0.4) is 0 Å². The molecule has 1 aliphatic rings. The summed E-state index contributed by atoms with van der Waals surface area (Å²) in [6.07, 6.45) is 9.41. The topological polar surface area (TPSA) is 35.2 Å². The van der Waals surface area contributed by atoms with Crippen molar-refractivity contribution in [3.05, 3.63) is 30.7 Å². The molecule has 55 valence electrons. The molecule has 0 fully saturated rings. The van der Waals surface area contributed by atoms with Crippen LogP contribution in [-0.4, -0.2) is 28.4 Å². The summed E-state index contributed by atoms with van der Waals surface area (Å²) in [6.45, 7) is 0. The summed E-state index contributed by atoms with van der Waals surface area (Å²) in [6, 6.07) is 1.92. The van der Waals surface area contributed by atoms with Crippen LogP contribution >= 0.6 is 0 Å². The molecule has 1 aliphatic heterocycles. The molecule has 0 bridgehead atoms. The van der Waals surface area contributed by atoms with Crippen molar-refractivity contribution in [2.75, 3.05) is 0 Å². The van der Waals surface area contributed by atoms with Crippen molar-refractivity contribution in [3.8, 4) is 0 Å². The standard InChI is InChI=1S/C6H8BN4/c1-3-8-10(5-1)7-11-6-2-4-9-11/h1-6H,7H2. The molecular formula is C6H8BN4. The number of rotatable bonds is 2. The Morgan fingerprint density at radius 2 is 2.45 bits per heavy atom. The molecule has 0 saturated carbocycles. The van der Waals surface area contributed by atoms with Gasteiger partial charge in [0, 0.05) is 18.5 Å². The molecule has 0 aliphatic carbocycles. The van der Waals surface area contributed by atoms with Crippen LogP contribution in [0.25, 0.3) is 0 Å². The molecule has 1 aromatic rings. The number of hydrogen-bond acceptors (Lipinski definition) is 3. The second-order valence-corrected chi connectivity index (χ2v) is 2.56. The maximum Gasteiger partial charge on any atom is 0.272 e. The SMILES string of the molecule is [BH2-](N1C=CC=[N+]1)n1cccn1. The van der Waals surface area contributed by atoms with E-state index in [9.17, 15) is 0 Å². The Labute approximate surface area is 65.1 Å². The lowest BCUT2D eigenvalue weighted by Crippen LogP contribution is -2.28. The first kappa shape index (κ1) is 6.21. The van der Waals surface area contributed by atoms with Gasteiger partial charge in [-0.05, 0) is 12.3 Å². The summed E-state index contributed by atoms with van der Waals surface area (Å²) in [5, 5.41) is 8.20. The fourth-order valence-electron chi connectivity index (χ4n) is 1.14. The zero-order valence-electron chi connectivity index (χ0n) is 6.25. The first-order valence-corrected chi connectivity index (χ1v) is 3.66. The highest BCUT2D eigenvalue weighted by Gasteiger charge is 2.04. The van der Waals surface area contributed by atoms with Gasteiger partial charge in [-0.1, -0.05) is 0 Å². The summed E-state index contributed by atoms with van der Waals surface area (Å²) < 4.78 is 1.94. The van der Waals surface area contributed by atoms with Gasteiger partial charge in [-0.2, -0.15) is 0 Å². The van der Waals surface area contributed by atoms with Crippen LogP contribution in [0, 0.1) is 0 Å². The van der Waals surface area contributed by atoms with E-state index < -0.39 is 7.55 Å². The predicted octanol–water partition coefficient (Wildman–Crippen LogP) is -1.12. The Hall–Kier alpha value is -1.52. The van der Waals surface area contributed by atoms with Gasteiger partial charge in [0.1, 0.15) is 5.10 Å². The minimum Gasteiger partial charge on any atom is -0.423 e. The van der Waals surface area contributed by atoms with E-state index in [1.807, 2.05) is 34.1 Å². The van der Waals surface area contributed by atoms with E-state index >= 15 is 0 Å². The van der Waals surface area contributed by atoms with Crippen molar-refractivity contribution in [3.63, 3.8) is 0 Å². The molecule has 11 heavy (non-hydrogen) atoms. The Bertz CT molecular complexity index is 265. The molecule has 1 aromatic heterocycles. The molecule has 0 spiro atoms. The number of nitrogens with zero attached hydrogens (tertiary/aromatic N) is 4. The molecule has 5 heteroatoms. The first-order valence-electron chi connectivity index (χ1n) is 3.66. The van der Waals surface area contributed by atoms with Gasteiger partial charge in [0.2, 0.25) is 0 Å². The maximum absolute atomic E-state index is 4.10. The lowest BCUT2D eigenvalue weighted by Gasteiger charge is -2.08. The van der Waals surface area contributed by atoms with E-state index in [2.05, 4.69) is 10.2 Å². The monoisotopic (exact) mass is 147 g/mol. The molecule has 0 amide bonds. The normalized spacial score (nSPS) is 14.7. The van der Waals surface area contributed by atoms with Gasteiger partial charge in [-0.3, -0.25) is 4.92 Å². The number of allylic oxidation sites excluding steroid dienone is 1. The second-order valence-electron chi connectivity index (χ2n) is 2.56. The third-order valence-corrected chi connectivity index (χ3v) is 1.68. The Balaban J connectivity index is 2.01. The van der Waals surface area contributed by atoms with Crippen LogP contribution < -0.4 is 5.10 Å². The van der Waals surface area contributed by atoms with Crippen molar-refractivity contribution in [2.45, 2.75) is 0 Å². The molecule has 2 heterocycles. The zero-order valence-corrected chi connectivity index (χ0v) is 6.25. The van der Waals surface area contributed by atoms with E-state index in [-0.39, 0.29) is 0 Å². The summed E-state index contributed by atoms with van der Waals surface area (Å²) in [5.41, 5.74) is 0. The molecule has 0 unspecified atom stereocenters. The molecule has 4 nitrogen and oxygen atoms in total. The lowest BCUT2D eigenvalue weighted by molar-refractivity contribution is 0.564. The highest BCUT2D eigenvalue weighted by Crippen LogP contribution is 1.87. The van der Waals surface area contributed by atoms with Crippen LogP contribution in [-0.2, 0) is 0 Å². The maximum atomic E-state index is 4.10. The summed E-state index contributed by atoms with van der Waals surface area (Å²) in [7, 11) is -0.417. The highest BCUT2D eigenvalue weighted by molar-refractivity contribution is 6.30. The predicted molar refractivity (Wildman–Crippen MR) is 45.3 cm³/mol. The summed E-state index contributed by atoms with van der Waals surface area (Å²) in [4.78, 5) is 1.94. The molecule has 2 rings (SSSR count). The smallest absolute Gasteiger partial charge is 0.272 e. The van der Waals surface area contributed by atoms with Crippen molar-refractivity contribution >= 4 is 13.8 Å². The quantitative estimate of drug-likeness (QED) is 0.496. The Kier molecular flexibility index (Phi) is 1.48. The van der Waals surface area contributed by atoms with E-state index in [0.29, 0.717) is 0 Å². The van der Waals surface area contributed by atoms with Crippen molar-refractivity contribution in [1.29, 1.82) is 0 Å². The molecule has 0 atom stereocenters. The number of hydrazone groups is 1. The molecular weight excluding hydrogens is 139 g/mol. The van der Waals surface area contributed by atoms with Gasteiger partial charge in [-0.25, -0.2) is 5.10 Å². The van der Waals surface area contributed by atoms with Gasteiger partial charge in [-0.15, -0.1) is 0 Å². The Morgan fingerprint density at radius 1 is 1.45 bits per heavy atom. The number of aromatic nitrogens is 2. The van der Waals surface area contributed by atoms with Crippen molar-refractivity contribution in [2.24, 2.45) is 0 Å². The van der Waals surface area contributed by atoms with Crippen LogP contribution in [0.4, 0.5) is 0 Å². The minimum atomic E-state index is -0.417. The summed E-state index contributed by atoms with van der Waals surface area (Å²) >= 11 is 0. The average molecular weight is 147 g/mol.